The van der Waals surface area contributed by atoms with Crippen LogP contribution in [0.2, 0.25) is 0 Å². The highest BCUT2D eigenvalue weighted by Crippen LogP contribution is 2.25. The molecule has 0 aromatic heterocycles. The number of carbonyl (C=O) groups excluding carboxylic acids is 1. The highest BCUT2D eigenvalue weighted by atomic mass is 32.2. The van der Waals surface area contributed by atoms with Gasteiger partial charge in [0.15, 0.2) is 0 Å². The van der Waals surface area contributed by atoms with Crippen LogP contribution < -0.4 is 4.74 Å². The molecule has 0 spiro atoms. The van der Waals surface area contributed by atoms with E-state index in [0.29, 0.717) is 0 Å². The Morgan fingerprint density at radius 2 is 1.83 bits per heavy atom. The summed E-state index contributed by atoms with van der Waals surface area (Å²) in [4.78, 5) is 13.0. The summed E-state index contributed by atoms with van der Waals surface area (Å²) in [7, 11) is 1.63. The lowest BCUT2D eigenvalue weighted by Crippen LogP contribution is -1.93. The van der Waals surface area contributed by atoms with Gasteiger partial charge in [0, 0.05) is 10.5 Å². The minimum absolute atomic E-state index is 0.0591. The molecular weight excluding hydrogens is 244 g/mol. The Morgan fingerprint density at radius 3 is 2.44 bits per heavy atom. The average Bonchev–Trinajstić information content (AvgIpc) is 2.39. The van der Waals surface area contributed by atoms with E-state index in [0.717, 1.165) is 21.8 Å². The molecule has 0 amide bonds. The maximum absolute atomic E-state index is 12.1. The molecule has 2 aromatic rings. The number of thioether (sulfide) groups is 1. The van der Waals surface area contributed by atoms with Gasteiger partial charge in [-0.15, -0.1) is 0 Å². The summed E-state index contributed by atoms with van der Waals surface area (Å²) in [6.45, 7) is 1.98. The minimum Gasteiger partial charge on any atom is -0.497 e. The van der Waals surface area contributed by atoms with Gasteiger partial charge in [0.2, 0.25) is 5.12 Å². The summed E-state index contributed by atoms with van der Waals surface area (Å²) in [5.41, 5.74) is 1.83. The van der Waals surface area contributed by atoms with Gasteiger partial charge < -0.3 is 4.74 Å². The van der Waals surface area contributed by atoms with E-state index in [1.54, 1.807) is 7.11 Å². The maximum atomic E-state index is 12.1. The number of hydrogen-bond donors (Lipinski definition) is 0. The number of hydrogen-bond acceptors (Lipinski definition) is 3. The van der Waals surface area contributed by atoms with E-state index in [2.05, 4.69) is 0 Å². The van der Waals surface area contributed by atoms with Crippen LogP contribution in [0.5, 0.6) is 5.75 Å². The molecule has 2 nitrogen and oxygen atoms in total. The number of ether oxygens (including phenoxy) is 1. The van der Waals surface area contributed by atoms with Crippen LogP contribution in [0.1, 0.15) is 15.9 Å². The zero-order chi connectivity index (χ0) is 13.0. The van der Waals surface area contributed by atoms with Crippen LogP contribution in [0, 0.1) is 6.92 Å². The van der Waals surface area contributed by atoms with Gasteiger partial charge in [0.25, 0.3) is 0 Å². The Kier molecular flexibility index (Phi) is 4.05. The van der Waals surface area contributed by atoms with Crippen LogP contribution in [0.25, 0.3) is 0 Å². The van der Waals surface area contributed by atoms with Crippen molar-refractivity contribution >= 4 is 16.9 Å². The molecule has 3 heteroatoms. The van der Waals surface area contributed by atoms with E-state index >= 15 is 0 Å². The van der Waals surface area contributed by atoms with Crippen molar-refractivity contribution < 1.29 is 9.53 Å². The summed E-state index contributed by atoms with van der Waals surface area (Å²) < 4.78 is 5.08. The molecule has 0 saturated heterocycles. The van der Waals surface area contributed by atoms with Gasteiger partial charge in [-0.1, -0.05) is 23.8 Å². The Balaban J connectivity index is 2.11. The van der Waals surface area contributed by atoms with Crippen molar-refractivity contribution in [2.75, 3.05) is 7.11 Å². The first-order valence-electron chi connectivity index (χ1n) is 5.62. The molecule has 0 radical (unpaired) electrons. The number of carbonyl (C=O) groups is 1. The second kappa shape index (κ2) is 5.74. The fourth-order valence-corrected chi connectivity index (χ4v) is 2.31. The average molecular weight is 258 g/mol. The van der Waals surface area contributed by atoms with Crippen LogP contribution in [0.3, 0.4) is 0 Å². The zero-order valence-corrected chi connectivity index (χ0v) is 11.2. The van der Waals surface area contributed by atoms with Crippen LogP contribution in [0.15, 0.2) is 53.4 Å². The van der Waals surface area contributed by atoms with E-state index < -0.39 is 0 Å². The van der Waals surface area contributed by atoms with Crippen molar-refractivity contribution in [2.45, 2.75) is 11.8 Å². The Hall–Kier alpha value is -1.74. The highest BCUT2D eigenvalue weighted by Gasteiger charge is 2.08. The minimum atomic E-state index is 0.0591. The molecule has 0 atom stereocenters. The lowest BCUT2D eigenvalue weighted by Gasteiger charge is -2.03. The van der Waals surface area contributed by atoms with E-state index in [4.69, 9.17) is 4.74 Å². The third kappa shape index (κ3) is 3.14. The quantitative estimate of drug-likeness (QED) is 0.780. The molecule has 2 aromatic carbocycles. The molecule has 0 fully saturated rings. The summed E-state index contributed by atoms with van der Waals surface area (Å²) in [6, 6.07) is 15.1. The third-order valence-corrected chi connectivity index (χ3v) is 3.45. The lowest BCUT2D eigenvalue weighted by atomic mass is 10.2. The maximum Gasteiger partial charge on any atom is 0.224 e. The predicted octanol–water partition coefficient (Wildman–Crippen LogP) is 3.94. The normalized spacial score (nSPS) is 10.1. The first kappa shape index (κ1) is 12.7. The predicted molar refractivity (Wildman–Crippen MR) is 74.4 cm³/mol. The van der Waals surface area contributed by atoms with Crippen LogP contribution in [-0.4, -0.2) is 12.2 Å². The molecule has 2 rings (SSSR count). The molecular formula is C15H14O2S. The molecule has 92 valence electrons. The summed E-state index contributed by atoms with van der Waals surface area (Å²) in [5.74, 6) is 0.794. The molecule has 0 unspecified atom stereocenters. The van der Waals surface area contributed by atoms with E-state index in [1.165, 1.54) is 11.8 Å². The Morgan fingerprint density at radius 1 is 1.11 bits per heavy atom. The number of aryl methyl sites for hydroxylation is 1. The van der Waals surface area contributed by atoms with Crippen molar-refractivity contribution in [1.29, 1.82) is 0 Å². The summed E-state index contributed by atoms with van der Waals surface area (Å²) in [6.07, 6.45) is 0. The number of benzene rings is 2. The highest BCUT2D eigenvalue weighted by molar-refractivity contribution is 8.14. The van der Waals surface area contributed by atoms with Gasteiger partial charge in [-0.05, 0) is 49.0 Å². The van der Waals surface area contributed by atoms with Gasteiger partial charge in [0.05, 0.1) is 7.11 Å². The van der Waals surface area contributed by atoms with Crippen molar-refractivity contribution in [1.82, 2.24) is 0 Å². The van der Waals surface area contributed by atoms with Gasteiger partial charge in [-0.3, -0.25) is 4.79 Å². The summed E-state index contributed by atoms with van der Waals surface area (Å²) in [5, 5.41) is 0.0591. The smallest absolute Gasteiger partial charge is 0.224 e. The fourth-order valence-electron chi connectivity index (χ4n) is 1.58. The Labute approximate surface area is 111 Å². The van der Waals surface area contributed by atoms with Crippen LogP contribution in [-0.2, 0) is 0 Å². The molecule has 0 aliphatic heterocycles. The first-order valence-corrected chi connectivity index (χ1v) is 6.43. The molecule has 18 heavy (non-hydrogen) atoms. The summed E-state index contributed by atoms with van der Waals surface area (Å²) >= 11 is 1.23. The molecule has 0 bridgehead atoms. The fraction of sp³-hybridized carbons (Fsp3) is 0.133. The lowest BCUT2D eigenvalue weighted by molar-refractivity contribution is 0.108. The van der Waals surface area contributed by atoms with Gasteiger partial charge in [-0.25, -0.2) is 0 Å². The monoisotopic (exact) mass is 258 g/mol. The molecule has 0 N–H and O–H groups in total. The van der Waals surface area contributed by atoms with E-state index in [-0.39, 0.29) is 5.12 Å². The van der Waals surface area contributed by atoms with Gasteiger partial charge in [0.1, 0.15) is 5.75 Å². The SMILES string of the molecule is COc1ccc(SC(=O)c2cccc(C)c2)cc1. The molecule has 0 heterocycles. The van der Waals surface area contributed by atoms with Crippen molar-refractivity contribution in [2.24, 2.45) is 0 Å². The second-order valence-electron chi connectivity index (χ2n) is 3.93. The zero-order valence-electron chi connectivity index (χ0n) is 10.3. The number of rotatable bonds is 3. The van der Waals surface area contributed by atoms with Crippen molar-refractivity contribution in [3.05, 3.63) is 59.7 Å². The molecule has 0 aliphatic carbocycles. The standard InChI is InChI=1S/C15H14O2S/c1-11-4-3-5-12(10-11)15(16)18-14-8-6-13(17-2)7-9-14/h3-10H,1-2H3. The first-order chi connectivity index (χ1) is 8.69. The van der Waals surface area contributed by atoms with E-state index in [9.17, 15) is 4.79 Å². The van der Waals surface area contributed by atoms with Crippen molar-refractivity contribution in [3.63, 3.8) is 0 Å². The van der Waals surface area contributed by atoms with Gasteiger partial charge in [-0.2, -0.15) is 0 Å². The van der Waals surface area contributed by atoms with Crippen molar-refractivity contribution in [3.8, 4) is 5.75 Å². The Bertz CT molecular complexity index is 547. The number of methoxy groups -OCH3 is 1. The molecule has 0 aliphatic rings. The molecule has 0 saturated carbocycles. The second-order valence-corrected chi connectivity index (χ2v) is 4.98. The topological polar surface area (TPSA) is 26.3 Å². The largest absolute Gasteiger partial charge is 0.497 e. The third-order valence-electron chi connectivity index (χ3n) is 2.52. The van der Waals surface area contributed by atoms with Crippen LogP contribution >= 0.6 is 11.8 Å². The van der Waals surface area contributed by atoms with Crippen LogP contribution in [0.4, 0.5) is 0 Å². The van der Waals surface area contributed by atoms with Gasteiger partial charge >= 0.3 is 0 Å². The van der Waals surface area contributed by atoms with E-state index in [1.807, 2.05) is 55.5 Å².